The lowest BCUT2D eigenvalue weighted by molar-refractivity contribution is 0.0942. The van der Waals surface area contributed by atoms with Crippen LogP contribution in [0.2, 0.25) is 0 Å². The molecule has 0 aliphatic heterocycles. The number of nitrogens with two attached hydrogens (primary N) is 1. The van der Waals surface area contributed by atoms with Crippen LogP contribution in [0.25, 0.3) is 0 Å². The van der Waals surface area contributed by atoms with Gasteiger partial charge in [0.25, 0.3) is 5.91 Å². The second-order valence-electron chi connectivity index (χ2n) is 4.60. The normalized spacial score (nSPS) is 9.86. The maximum absolute atomic E-state index is 12.4. The van der Waals surface area contributed by atoms with Crippen molar-refractivity contribution in [3.8, 4) is 0 Å². The van der Waals surface area contributed by atoms with E-state index >= 15 is 0 Å². The minimum Gasteiger partial charge on any atom is -0.352 e. The topological polar surface area (TPSA) is 72.2 Å². The van der Waals surface area contributed by atoms with Gasteiger partial charge >= 0.3 is 0 Å². The minimum atomic E-state index is -0.215. The van der Waals surface area contributed by atoms with Crippen LogP contribution in [-0.2, 0) is 0 Å². The maximum atomic E-state index is 12.4. The first-order valence-electron chi connectivity index (χ1n) is 6.89. The molecule has 0 aliphatic rings. The molecule has 0 saturated heterocycles. The summed E-state index contributed by atoms with van der Waals surface area (Å²) in [4.78, 5) is 25.3. The van der Waals surface area contributed by atoms with Crippen LogP contribution in [0.3, 0.4) is 0 Å². The number of hydrogen-bond donors (Lipinski definition) is 2. The van der Waals surface area contributed by atoms with E-state index in [4.69, 9.17) is 5.73 Å². The van der Waals surface area contributed by atoms with Crippen LogP contribution in [0.1, 0.15) is 38.4 Å². The molecule has 0 radical (unpaired) electrons. The highest BCUT2D eigenvalue weighted by Crippen LogP contribution is 2.18. The Balaban J connectivity index is 0.00000242. The standard InChI is InChI=1S/C16H18N2O2S.ClH/c17-9-3-4-10-18-16(20)13-7-2-1-6-12(13)15(19)14-8-5-11-21-14;/h1-2,5-8,11H,3-4,9-10,17H2,(H,18,20);1H. The maximum Gasteiger partial charge on any atom is 0.252 e. The van der Waals surface area contributed by atoms with Crippen LogP contribution in [0.5, 0.6) is 0 Å². The molecule has 0 bridgehead atoms. The zero-order valence-electron chi connectivity index (χ0n) is 12.1. The summed E-state index contributed by atoms with van der Waals surface area (Å²) in [6.07, 6.45) is 1.71. The summed E-state index contributed by atoms with van der Waals surface area (Å²) < 4.78 is 0. The fourth-order valence-corrected chi connectivity index (χ4v) is 2.66. The quantitative estimate of drug-likeness (QED) is 0.602. The number of unbranched alkanes of at least 4 members (excludes halogenated alkanes) is 1. The number of nitrogens with one attached hydrogen (secondary N) is 1. The van der Waals surface area contributed by atoms with Crippen molar-refractivity contribution in [1.29, 1.82) is 0 Å². The lowest BCUT2D eigenvalue weighted by atomic mass is 10.0. The molecule has 2 aromatic rings. The van der Waals surface area contributed by atoms with Crippen LogP contribution < -0.4 is 11.1 Å². The highest BCUT2D eigenvalue weighted by molar-refractivity contribution is 7.12. The Labute approximate surface area is 140 Å². The molecule has 1 aromatic carbocycles. The summed E-state index contributed by atoms with van der Waals surface area (Å²) in [5, 5.41) is 4.68. The van der Waals surface area contributed by atoms with E-state index in [-0.39, 0.29) is 24.1 Å². The molecule has 1 amide bonds. The predicted molar refractivity (Wildman–Crippen MR) is 92.1 cm³/mol. The van der Waals surface area contributed by atoms with Gasteiger partial charge in [0.2, 0.25) is 5.78 Å². The number of carbonyl (C=O) groups excluding carboxylic acids is 2. The molecule has 1 aromatic heterocycles. The average molecular weight is 339 g/mol. The van der Waals surface area contributed by atoms with E-state index in [0.29, 0.717) is 29.1 Å². The SMILES string of the molecule is Cl.NCCCCNC(=O)c1ccccc1C(=O)c1cccs1. The third kappa shape index (κ3) is 4.66. The summed E-state index contributed by atoms with van der Waals surface area (Å²) in [6.45, 7) is 1.18. The lowest BCUT2D eigenvalue weighted by Gasteiger charge is -2.08. The Morgan fingerprint density at radius 3 is 2.41 bits per heavy atom. The number of thiophene rings is 1. The third-order valence-electron chi connectivity index (χ3n) is 3.08. The van der Waals surface area contributed by atoms with Crippen molar-refractivity contribution in [3.63, 3.8) is 0 Å². The average Bonchev–Trinajstić information content (AvgIpc) is 3.05. The van der Waals surface area contributed by atoms with E-state index in [1.54, 1.807) is 30.3 Å². The molecule has 3 N–H and O–H groups in total. The van der Waals surface area contributed by atoms with Gasteiger partial charge in [0.15, 0.2) is 0 Å². The van der Waals surface area contributed by atoms with Crippen molar-refractivity contribution in [2.75, 3.05) is 13.1 Å². The molecule has 0 aliphatic carbocycles. The van der Waals surface area contributed by atoms with Gasteiger partial charge in [0.05, 0.1) is 10.4 Å². The molecule has 22 heavy (non-hydrogen) atoms. The van der Waals surface area contributed by atoms with E-state index in [2.05, 4.69) is 5.32 Å². The number of ketones is 1. The second kappa shape index (κ2) is 9.35. The molecular formula is C16H19ClN2O2S. The molecular weight excluding hydrogens is 320 g/mol. The third-order valence-corrected chi connectivity index (χ3v) is 3.95. The number of rotatable bonds is 7. The number of amides is 1. The minimum absolute atomic E-state index is 0. The Hall–Kier alpha value is -1.69. The van der Waals surface area contributed by atoms with E-state index < -0.39 is 0 Å². The lowest BCUT2D eigenvalue weighted by Crippen LogP contribution is -2.26. The summed E-state index contributed by atoms with van der Waals surface area (Å²) in [5.74, 6) is -0.328. The summed E-state index contributed by atoms with van der Waals surface area (Å²) in [7, 11) is 0. The molecule has 0 unspecified atom stereocenters. The Morgan fingerprint density at radius 1 is 1.05 bits per heavy atom. The van der Waals surface area contributed by atoms with Crippen LogP contribution >= 0.6 is 23.7 Å². The van der Waals surface area contributed by atoms with Crippen molar-refractivity contribution in [3.05, 3.63) is 57.8 Å². The van der Waals surface area contributed by atoms with Crippen molar-refractivity contribution >= 4 is 35.4 Å². The van der Waals surface area contributed by atoms with Crippen LogP contribution in [0.4, 0.5) is 0 Å². The van der Waals surface area contributed by atoms with Gasteiger partial charge in [-0.1, -0.05) is 24.3 Å². The number of halogens is 1. The monoisotopic (exact) mass is 338 g/mol. The highest BCUT2D eigenvalue weighted by Gasteiger charge is 2.18. The molecule has 6 heteroatoms. The molecule has 118 valence electrons. The first-order valence-corrected chi connectivity index (χ1v) is 7.77. The fraction of sp³-hybridized carbons (Fsp3) is 0.250. The first kappa shape index (κ1) is 18.4. The molecule has 0 spiro atoms. The van der Waals surface area contributed by atoms with Gasteiger partial charge in [-0.15, -0.1) is 23.7 Å². The van der Waals surface area contributed by atoms with Gasteiger partial charge < -0.3 is 11.1 Å². The highest BCUT2D eigenvalue weighted by atomic mass is 35.5. The van der Waals surface area contributed by atoms with E-state index in [1.807, 2.05) is 11.4 Å². The van der Waals surface area contributed by atoms with Crippen LogP contribution in [-0.4, -0.2) is 24.8 Å². The van der Waals surface area contributed by atoms with Crippen LogP contribution in [0, 0.1) is 0 Å². The predicted octanol–water partition coefficient (Wildman–Crippen LogP) is 2.87. The molecule has 0 fully saturated rings. The van der Waals surface area contributed by atoms with Gasteiger partial charge in [-0.2, -0.15) is 0 Å². The van der Waals surface area contributed by atoms with Gasteiger partial charge in [-0.3, -0.25) is 9.59 Å². The van der Waals surface area contributed by atoms with Gasteiger partial charge in [0.1, 0.15) is 0 Å². The fourth-order valence-electron chi connectivity index (χ4n) is 1.99. The number of hydrogen-bond acceptors (Lipinski definition) is 4. The number of carbonyl (C=O) groups is 2. The Kier molecular flexibility index (Phi) is 7.80. The second-order valence-corrected chi connectivity index (χ2v) is 5.55. The molecule has 1 heterocycles. The Bertz CT molecular complexity index is 614. The van der Waals surface area contributed by atoms with Crippen molar-refractivity contribution in [1.82, 2.24) is 5.32 Å². The van der Waals surface area contributed by atoms with E-state index in [0.717, 1.165) is 12.8 Å². The molecule has 4 nitrogen and oxygen atoms in total. The Morgan fingerprint density at radius 2 is 1.77 bits per heavy atom. The van der Waals surface area contributed by atoms with E-state index in [1.165, 1.54) is 11.3 Å². The van der Waals surface area contributed by atoms with E-state index in [9.17, 15) is 9.59 Å². The smallest absolute Gasteiger partial charge is 0.252 e. The summed E-state index contributed by atoms with van der Waals surface area (Å²) in [6, 6.07) is 10.5. The number of benzene rings is 1. The van der Waals surface area contributed by atoms with Gasteiger partial charge in [-0.05, 0) is 36.9 Å². The van der Waals surface area contributed by atoms with Gasteiger partial charge in [0, 0.05) is 12.1 Å². The molecule has 2 rings (SSSR count). The van der Waals surface area contributed by atoms with Crippen molar-refractivity contribution < 1.29 is 9.59 Å². The van der Waals surface area contributed by atoms with Gasteiger partial charge in [-0.25, -0.2) is 0 Å². The zero-order chi connectivity index (χ0) is 15.1. The van der Waals surface area contributed by atoms with Crippen molar-refractivity contribution in [2.45, 2.75) is 12.8 Å². The first-order chi connectivity index (χ1) is 10.2. The largest absolute Gasteiger partial charge is 0.352 e. The van der Waals surface area contributed by atoms with Crippen LogP contribution in [0.15, 0.2) is 41.8 Å². The van der Waals surface area contributed by atoms with Crippen molar-refractivity contribution in [2.24, 2.45) is 5.73 Å². The molecule has 0 saturated carbocycles. The zero-order valence-corrected chi connectivity index (χ0v) is 13.7. The summed E-state index contributed by atoms with van der Waals surface area (Å²) in [5.41, 5.74) is 6.28. The molecule has 0 atom stereocenters. The summed E-state index contributed by atoms with van der Waals surface area (Å²) >= 11 is 1.38.